The second-order valence-electron chi connectivity index (χ2n) is 5.41. The molecule has 0 aliphatic heterocycles. The third kappa shape index (κ3) is 4.51. The Bertz CT molecular complexity index is 829. The Morgan fingerprint density at radius 1 is 1.40 bits per heavy atom. The highest BCUT2D eigenvalue weighted by Crippen LogP contribution is 2.03. The van der Waals surface area contributed by atoms with Crippen LogP contribution in [0.1, 0.15) is 17.5 Å². The van der Waals surface area contributed by atoms with Gasteiger partial charge in [-0.3, -0.25) is 9.59 Å². The molecule has 25 heavy (non-hydrogen) atoms. The molecule has 0 aliphatic rings. The maximum atomic E-state index is 12.1. The molecular weight excluding hydrogens is 324 g/mol. The largest absolute Gasteiger partial charge is 0.351 e. The summed E-state index contributed by atoms with van der Waals surface area (Å²) in [5.74, 6) is -0.923. The number of nitrogens with one attached hydrogen (secondary N) is 2. The fourth-order valence-corrected chi connectivity index (χ4v) is 1.89. The number of hydrogen-bond acceptors (Lipinski definition) is 6. The predicted octanol–water partition coefficient (Wildman–Crippen LogP) is -0.437. The van der Waals surface area contributed by atoms with Crippen molar-refractivity contribution in [3.05, 3.63) is 36.3 Å². The fraction of sp³-hybridized carbons (Fsp3) is 0.333. The molecule has 0 spiro atoms. The zero-order valence-electron chi connectivity index (χ0n) is 13.9. The number of hydrogen-bond donors (Lipinski definition) is 2. The molecule has 0 radical (unpaired) electrons. The summed E-state index contributed by atoms with van der Waals surface area (Å²) in [7, 11) is 1.81. The molecular formula is C15H18N8O2. The lowest BCUT2D eigenvalue weighted by atomic mass is 10.1. The fourth-order valence-electron chi connectivity index (χ4n) is 1.89. The number of nitriles is 1. The van der Waals surface area contributed by atoms with Gasteiger partial charge in [-0.2, -0.15) is 5.26 Å². The van der Waals surface area contributed by atoms with Crippen molar-refractivity contribution < 1.29 is 9.59 Å². The smallest absolute Gasteiger partial charge is 0.292 e. The van der Waals surface area contributed by atoms with Gasteiger partial charge in [0, 0.05) is 31.9 Å². The lowest BCUT2D eigenvalue weighted by Gasteiger charge is -2.10. The molecule has 0 aromatic carbocycles. The van der Waals surface area contributed by atoms with E-state index in [4.69, 9.17) is 5.26 Å². The van der Waals surface area contributed by atoms with E-state index in [1.807, 2.05) is 25.4 Å². The number of tetrazole rings is 1. The van der Waals surface area contributed by atoms with Crippen molar-refractivity contribution in [1.82, 2.24) is 35.4 Å². The topological polar surface area (TPSA) is 131 Å². The van der Waals surface area contributed by atoms with Crippen LogP contribution in [0, 0.1) is 17.2 Å². The van der Waals surface area contributed by atoms with Crippen molar-refractivity contribution in [3.63, 3.8) is 0 Å². The van der Waals surface area contributed by atoms with E-state index >= 15 is 0 Å². The molecule has 130 valence electrons. The molecule has 2 N–H and O–H groups in total. The third-order valence-corrected chi connectivity index (χ3v) is 3.33. The van der Waals surface area contributed by atoms with E-state index in [1.54, 1.807) is 17.6 Å². The standard InChI is InChI=1S/C15H18N8O2/c1-10(2)14(24)17-8-11(7-16)9-18-15(25)13-19-21-23(20-13)12-5-4-6-22(12)3/h4-6,11H,1,8-9H2,2-3H3,(H,17,24)(H,18,25). The Kier molecular flexibility index (Phi) is 5.62. The molecule has 2 aromatic rings. The molecule has 0 saturated heterocycles. The first-order valence-corrected chi connectivity index (χ1v) is 7.45. The molecule has 2 aromatic heterocycles. The number of amides is 2. The molecule has 10 heteroatoms. The normalized spacial score (nSPS) is 11.4. The molecule has 0 aliphatic carbocycles. The number of carbonyl (C=O) groups is 2. The van der Waals surface area contributed by atoms with Crippen LogP contribution < -0.4 is 10.6 Å². The van der Waals surface area contributed by atoms with E-state index in [0.29, 0.717) is 11.4 Å². The Hall–Kier alpha value is -3.48. The highest BCUT2D eigenvalue weighted by molar-refractivity contribution is 5.92. The molecule has 0 saturated carbocycles. The third-order valence-electron chi connectivity index (χ3n) is 3.33. The van der Waals surface area contributed by atoms with Gasteiger partial charge >= 0.3 is 0 Å². The highest BCUT2D eigenvalue weighted by atomic mass is 16.2. The Morgan fingerprint density at radius 3 is 2.72 bits per heavy atom. The van der Waals surface area contributed by atoms with Crippen LogP contribution >= 0.6 is 0 Å². The maximum Gasteiger partial charge on any atom is 0.292 e. The van der Waals surface area contributed by atoms with Gasteiger partial charge in [0.1, 0.15) is 0 Å². The van der Waals surface area contributed by atoms with Gasteiger partial charge in [-0.05, 0) is 24.3 Å². The van der Waals surface area contributed by atoms with Gasteiger partial charge in [0.05, 0.1) is 12.0 Å². The lowest BCUT2D eigenvalue weighted by molar-refractivity contribution is -0.117. The number of aromatic nitrogens is 5. The van der Waals surface area contributed by atoms with Gasteiger partial charge in [0.2, 0.25) is 5.91 Å². The maximum absolute atomic E-state index is 12.1. The molecule has 2 heterocycles. The Balaban J connectivity index is 1.90. The minimum atomic E-state index is -0.588. The second-order valence-corrected chi connectivity index (χ2v) is 5.41. The van der Waals surface area contributed by atoms with Crippen LogP contribution in [0.3, 0.4) is 0 Å². The molecule has 1 unspecified atom stereocenters. The number of aryl methyl sites for hydroxylation is 1. The van der Waals surface area contributed by atoms with E-state index in [2.05, 4.69) is 32.6 Å². The van der Waals surface area contributed by atoms with Crippen LogP contribution in [0.4, 0.5) is 0 Å². The summed E-state index contributed by atoms with van der Waals surface area (Å²) in [5, 5.41) is 25.8. The van der Waals surface area contributed by atoms with Gasteiger partial charge in [-0.25, -0.2) is 0 Å². The molecule has 10 nitrogen and oxygen atoms in total. The molecule has 2 rings (SSSR count). The lowest BCUT2D eigenvalue weighted by Crippen LogP contribution is -2.36. The Morgan fingerprint density at radius 2 is 2.12 bits per heavy atom. The minimum Gasteiger partial charge on any atom is -0.351 e. The minimum absolute atomic E-state index is 0.0461. The monoisotopic (exact) mass is 342 g/mol. The number of nitrogens with zero attached hydrogens (tertiary/aromatic N) is 6. The van der Waals surface area contributed by atoms with Gasteiger partial charge in [0.15, 0.2) is 5.82 Å². The van der Waals surface area contributed by atoms with Crippen LogP contribution in [0.25, 0.3) is 5.82 Å². The first-order chi connectivity index (χ1) is 11.9. The first kappa shape index (κ1) is 17.9. The second kappa shape index (κ2) is 7.87. The Labute approximate surface area is 144 Å². The SMILES string of the molecule is C=C(C)C(=O)NCC(C#N)CNC(=O)c1nnn(-c2cccn2C)n1. The summed E-state index contributed by atoms with van der Waals surface area (Å²) in [6.45, 7) is 5.23. The van der Waals surface area contributed by atoms with Crippen molar-refractivity contribution >= 4 is 11.8 Å². The summed E-state index contributed by atoms with van der Waals surface area (Å²) in [5.41, 5.74) is 0.349. The summed E-state index contributed by atoms with van der Waals surface area (Å²) >= 11 is 0. The molecule has 1 atom stereocenters. The summed E-state index contributed by atoms with van der Waals surface area (Å²) < 4.78 is 1.78. The van der Waals surface area contributed by atoms with Crippen LogP contribution in [-0.2, 0) is 11.8 Å². The predicted molar refractivity (Wildman–Crippen MR) is 87.4 cm³/mol. The highest BCUT2D eigenvalue weighted by Gasteiger charge is 2.17. The van der Waals surface area contributed by atoms with Crippen molar-refractivity contribution in [2.24, 2.45) is 13.0 Å². The van der Waals surface area contributed by atoms with E-state index in [9.17, 15) is 9.59 Å². The summed E-state index contributed by atoms with van der Waals surface area (Å²) in [4.78, 5) is 24.7. The van der Waals surface area contributed by atoms with Crippen LogP contribution in [0.15, 0.2) is 30.5 Å². The first-order valence-electron chi connectivity index (χ1n) is 7.45. The van der Waals surface area contributed by atoms with Gasteiger partial charge in [-0.15, -0.1) is 15.0 Å². The van der Waals surface area contributed by atoms with Crippen molar-refractivity contribution in [2.45, 2.75) is 6.92 Å². The van der Waals surface area contributed by atoms with Gasteiger partial charge < -0.3 is 15.2 Å². The van der Waals surface area contributed by atoms with E-state index < -0.39 is 11.8 Å². The van der Waals surface area contributed by atoms with Crippen LogP contribution in [-0.4, -0.2) is 49.7 Å². The van der Waals surface area contributed by atoms with E-state index in [1.165, 1.54) is 4.80 Å². The van der Waals surface area contributed by atoms with Crippen molar-refractivity contribution in [3.8, 4) is 11.9 Å². The number of carbonyl (C=O) groups excluding carboxylic acids is 2. The zero-order chi connectivity index (χ0) is 18.4. The van der Waals surface area contributed by atoms with E-state index in [0.717, 1.165) is 0 Å². The average Bonchev–Trinajstić information content (AvgIpc) is 3.22. The molecule has 0 bridgehead atoms. The van der Waals surface area contributed by atoms with E-state index in [-0.39, 0.29) is 24.8 Å². The zero-order valence-corrected chi connectivity index (χ0v) is 13.9. The molecule has 0 fully saturated rings. The van der Waals surface area contributed by atoms with Gasteiger partial charge in [0.25, 0.3) is 11.7 Å². The summed E-state index contributed by atoms with van der Waals surface area (Å²) in [6.07, 6.45) is 1.81. The molecule has 2 amide bonds. The number of rotatable bonds is 7. The quantitative estimate of drug-likeness (QED) is 0.656. The van der Waals surface area contributed by atoms with Gasteiger partial charge in [-0.1, -0.05) is 6.58 Å². The summed E-state index contributed by atoms with van der Waals surface area (Å²) in [6, 6.07) is 5.61. The van der Waals surface area contributed by atoms with Crippen molar-refractivity contribution in [2.75, 3.05) is 13.1 Å². The van der Waals surface area contributed by atoms with Crippen LogP contribution in [0.2, 0.25) is 0 Å². The van der Waals surface area contributed by atoms with Crippen molar-refractivity contribution in [1.29, 1.82) is 5.26 Å². The average molecular weight is 342 g/mol. The van der Waals surface area contributed by atoms with Crippen LogP contribution in [0.5, 0.6) is 0 Å².